The molecule has 1 atom stereocenters. The number of hydrogen-bond acceptors (Lipinski definition) is 3. The number of aryl methyl sites for hydroxylation is 1. The summed E-state index contributed by atoms with van der Waals surface area (Å²) in [4.78, 5) is 26.8. The van der Waals surface area contributed by atoms with Crippen molar-refractivity contribution in [2.24, 2.45) is 5.92 Å². The maximum atomic E-state index is 12.2. The number of carbonyl (C=O) groups excluding carboxylic acids is 2. The Morgan fingerprint density at radius 1 is 1.03 bits per heavy atom. The summed E-state index contributed by atoms with van der Waals surface area (Å²) in [5, 5.41) is 5.54. The van der Waals surface area contributed by atoms with Gasteiger partial charge in [0.05, 0.1) is 6.54 Å². The van der Waals surface area contributed by atoms with Crippen LogP contribution in [0.5, 0.6) is 0 Å². The van der Waals surface area contributed by atoms with Crippen LogP contribution in [0, 0.1) is 12.8 Å². The van der Waals surface area contributed by atoms with E-state index >= 15 is 0 Å². The maximum absolute atomic E-state index is 12.2. The Morgan fingerprint density at radius 2 is 1.76 bits per heavy atom. The molecule has 5 heteroatoms. The van der Waals surface area contributed by atoms with Crippen LogP contribution < -0.4 is 10.6 Å². The highest BCUT2D eigenvalue weighted by molar-refractivity contribution is 5.97. The molecule has 2 N–H and O–H groups in total. The van der Waals surface area contributed by atoms with Crippen LogP contribution in [0.25, 0.3) is 0 Å². The number of hydrogen-bond donors (Lipinski definition) is 2. The van der Waals surface area contributed by atoms with E-state index in [4.69, 9.17) is 0 Å². The number of rotatable bonds is 7. The molecule has 1 aliphatic rings. The molecule has 5 nitrogen and oxygen atoms in total. The highest BCUT2D eigenvalue weighted by Gasteiger charge is 2.16. The van der Waals surface area contributed by atoms with E-state index in [2.05, 4.69) is 46.7 Å². The van der Waals surface area contributed by atoms with Gasteiger partial charge in [-0.1, -0.05) is 49.4 Å². The van der Waals surface area contributed by atoms with Gasteiger partial charge in [0.15, 0.2) is 0 Å². The average molecular weight is 394 g/mol. The second kappa shape index (κ2) is 10.2. The molecular formula is C24H31N3O2. The number of nitrogens with zero attached hydrogens (tertiary/aromatic N) is 1. The molecule has 29 heavy (non-hydrogen) atoms. The van der Waals surface area contributed by atoms with Crippen LogP contribution >= 0.6 is 0 Å². The van der Waals surface area contributed by atoms with Gasteiger partial charge in [0.25, 0.3) is 5.91 Å². The Morgan fingerprint density at radius 3 is 2.48 bits per heavy atom. The van der Waals surface area contributed by atoms with Gasteiger partial charge in [-0.2, -0.15) is 0 Å². The molecule has 1 fully saturated rings. The van der Waals surface area contributed by atoms with Gasteiger partial charge in [-0.15, -0.1) is 0 Å². The Hall–Kier alpha value is -2.66. The highest BCUT2D eigenvalue weighted by atomic mass is 16.2. The number of benzene rings is 2. The Balaban J connectivity index is 1.41. The Bertz CT molecular complexity index is 832. The molecule has 1 aliphatic heterocycles. The van der Waals surface area contributed by atoms with Crippen LogP contribution in [0.4, 0.5) is 0 Å². The first-order valence-electron chi connectivity index (χ1n) is 10.4. The van der Waals surface area contributed by atoms with E-state index in [-0.39, 0.29) is 18.4 Å². The lowest BCUT2D eigenvalue weighted by Gasteiger charge is -2.30. The molecule has 0 radical (unpaired) electrons. The molecule has 2 amide bonds. The van der Waals surface area contributed by atoms with Gasteiger partial charge in [0.2, 0.25) is 5.91 Å². The van der Waals surface area contributed by atoms with Crippen molar-refractivity contribution >= 4 is 11.8 Å². The van der Waals surface area contributed by atoms with Crippen molar-refractivity contribution in [3.8, 4) is 0 Å². The minimum Gasteiger partial charge on any atom is -0.350 e. The highest BCUT2D eigenvalue weighted by Crippen LogP contribution is 2.18. The minimum absolute atomic E-state index is 0.0294. The smallest absolute Gasteiger partial charge is 0.251 e. The predicted octanol–water partition coefficient (Wildman–Crippen LogP) is 3.27. The normalized spacial score (nSPS) is 17.0. The van der Waals surface area contributed by atoms with Gasteiger partial charge in [-0.3, -0.25) is 14.5 Å². The summed E-state index contributed by atoms with van der Waals surface area (Å²) in [6.45, 7) is 7.97. The third-order valence-electron chi connectivity index (χ3n) is 5.46. The van der Waals surface area contributed by atoms with Gasteiger partial charge in [-0.25, -0.2) is 0 Å². The van der Waals surface area contributed by atoms with E-state index in [1.54, 1.807) is 6.07 Å². The van der Waals surface area contributed by atoms with Gasteiger partial charge in [0.1, 0.15) is 0 Å². The van der Waals surface area contributed by atoms with Gasteiger partial charge < -0.3 is 10.6 Å². The predicted molar refractivity (Wildman–Crippen MR) is 115 cm³/mol. The summed E-state index contributed by atoms with van der Waals surface area (Å²) < 4.78 is 0. The topological polar surface area (TPSA) is 61.4 Å². The zero-order chi connectivity index (χ0) is 20.6. The molecular weight excluding hydrogens is 362 g/mol. The molecule has 1 heterocycles. The van der Waals surface area contributed by atoms with Crippen molar-refractivity contribution in [3.05, 3.63) is 70.8 Å². The van der Waals surface area contributed by atoms with E-state index in [0.717, 1.165) is 23.6 Å². The molecule has 2 aromatic rings. The van der Waals surface area contributed by atoms with Gasteiger partial charge in [0, 0.05) is 25.2 Å². The van der Waals surface area contributed by atoms with Crippen molar-refractivity contribution in [2.75, 3.05) is 19.6 Å². The second-order valence-electron chi connectivity index (χ2n) is 8.07. The standard InChI is InChI=1S/C24H31N3O2/c1-18-6-5-13-27(16-18)17-21-11-9-20(10-12-21)14-25-23(28)15-26-24(29)22-8-4-3-7-19(22)2/h3-4,7-12,18H,5-6,13-17H2,1-2H3,(H,25,28)(H,26,29). The number of nitrogens with one attached hydrogen (secondary N) is 2. The van der Waals surface area contributed by atoms with Gasteiger partial charge in [-0.05, 0) is 55.0 Å². The Kier molecular flexibility index (Phi) is 7.42. The molecule has 0 saturated carbocycles. The van der Waals surface area contributed by atoms with Crippen LogP contribution in [0.3, 0.4) is 0 Å². The van der Waals surface area contributed by atoms with Crippen molar-refractivity contribution < 1.29 is 9.59 Å². The van der Waals surface area contributed by atoms with Crippen LogP contribution in [0.2, 0.25) is 0 Å². The fourth-order valence-corrected chi connectivity index (χ4v) is 3.80. The first kappa shape index (κ1) is 21.1. The monoisotopic (exact) mass is 393 g/mol. The van der Waals surface area contributed by atoms with Crippen molar-refractivity contribution in [3.63, 3.8) is 0 Å². The third-order valence-corrected chi connectivity index (χ3v) is 5.46. The molecule has 0 spiro atoms. The molecule has 0 aliphatic carbocycles. The lowest BCUT2D eigenvalue weighted by Crippen LogP contribution is -2.36. The second-order valence-corrected chi connectivity index (χ2v) is 8.07. The number of likely N-dealkylation sites (tertiary alicyclic amines) is 1. The molecule has 154 valence electrons. The van der Waals surface area contributed by atoms with Crippen molar-refractivity contribution in [2.45, 2.75) is 39.8 Å². The van der Waals surface area contributed by atoms with Crippen LogP contribution in [-0.4, -0.2) is 36.3 Å². The summed E-state index contributed by atoms with van der Waals surface area (Å²) in [5.41, 5.74) is 3.85. The largest absolute Gasteiger partial charge is 0.350 e. The van der Waals surface area contributed by atoms with Crippen molar-refractivity contribution in [1.82, 2.24) is 15.5 Å². The van der Waals surface area contributed by atoms with E-state index < -0.39 is 0 Å². The summed E-state index contributed by atoms with van der Waals surface area (Å²) in [7, 11) is 0. The fourth-order valence-electron chi connectivity index (χ4n) is 3.80. The molecule has 3 rings (SSSR count). The van der Waals surface area contributed by atoms with Crippen LogP contribution in [-0.2, 0) is 17.9 Å². The van der Waals surface area contributed by atoms with Gasteiger partial charge >= 0.3 is 0 Å². The first-order chi connectivity index (χ1) is 14.0. The van der Waals surface area contributed by atoms with E-state index in [0.29, 0.717) is 12.1 Å². The van der Waals surface area contributed by atoms with Crippen molar-refractivity contribution in [1.29, 1.82) is 0 Å². The summed E-state index contributed by atoms with van der Waals surface area (Å²) in [5.74, 6) is 0.359. The maximum Gasteiger partial charge on any atom is 0.251 e. The summed E-state index contributed by atoms with van der Waals surface area (Å²) in [6, 6.07) is 15.7. The third kappa shape index (κ3) is 6.43. The average Bonchev–Trinajstić information content (AvgIpc) is 2.72. The zero-order valence-electron chi connectivity index (χ0n) is 17.4. The molecule has 2 aromatic carbocycles. The van der Waals surface area contributed by atoms with E-state index in [9.17, 15) is 9.59 Å². The number of amides is 2. The lowest BCUT2D eigenvalue weighted by molar-refractivity contribution is -0.120. The van der Waals surface area contributed by atoms with Crippen LogP contribution in [0.15, 0.2) is 48.5 Å². The Labute approximate surface area is 173 Å². The van der Waals surface area contributed by atoms with E-state index in [1.807, 2.05) is 25.1 Å². The molecule has 0 aromatic heterocycles. The lowest BCUT2D eigenvalue weighted by atomic mass is 9.99. The fraction of sp³-hybridized carbons (Fsp3) is 0.417. The number of carbonyl (C=O) groups is 2. The molecule has 0 bridgehead atoms. The summed E-state index contributed by atoms with van der Waals surface area (Å²) in [6.07, 6.45) is 2.62. The minimum atomic E-state index is -0.227. The molecule has 1 saturated heterocycles. The van der Waals surface area contributed by atoms with E-state index in [1.165, 1.54) is 31.5 Å². The quantitative estimate of drug-likeness (QED) is 0.759. The van der Waals surface area contributed by atoms with Crippen LogP contribution in [0.1, 0.15) is 46.8 Å². The summed E-state index contributed by atoms with van der Waals surface area (Å²) >= 11 is 0. The SMILES string of the molecule is Cc1ccccc1C(=O)NCC(=O)NCc1ccc(CN2CCCC(C)C2)cc1. The zero-order valence-corrected chi connectivity index (χ0v) is 17.4. The first-order valence-corrected chi connectivity index (χ1v) is 10.4. The number of piperidine rings is 1. The molecule has 1 unspecified atom stereocenters.